The Hall–Kier alpha value is -1.10. The molecule has 11 heteroatoms. The van der Waals surface area contributed by atoms with Crippen LogP contribution >= 0.6 is 27.5 Å². The minimum atomic E-state index is -4.53. The number of hydrogen-bond acceptors (Lipinski definition) is 4. The molecule has 1 atom stereocenters. The molecule has 25 heavy (non-hydrogen) atoms. The average Bonchev–Trinajstić information content (AvgIpc) is 2.94. The van der Waals surface area contributed by atoms with Crippen LogP contribution in [0.5, 0.6) is 0 Å². The molecule has 0 aliphatic heterocycles. The van der Waals surface area contributed by atoms with Crippen molar-refractivity contribution in [3.8, 4) is 5.69 Å². The molecule has 0 amide bonds. The first kappa shape index (κ1) is 20.2. The molecule has 1 unspecified atom stereocenters. The first-order valence-corrected chi connectivity index (χ1v) is 9.60. The van der Waals surface area contributed by atoms with Crippen molar-refractivity contribution in [2.45, 2.75) is 24.9 Å². The van der Waals surface area contributed by atoms with Gasteiger partial charge in [0.1, 0.15) is 4.90 Å². The van der Waals surface area contributed by atoms with Crippen molar-refractivity contribution in [1.29, 1.82) is 0 Å². The van der Waals surface area contributed by atoms with Crippen LogP contribution in [-0.4, -0.2) is 26.3 Å². The molecule has 2 rings (SSSR count). The first-order chi connectivity index (χ1) is 11.7. The number of hydrogen-bond donors (Lipinski definition) is 1. The van der Waals surface area contributed by atoms with Gasteiger partial charge in [0.05, 0.1) is 39.9 Å². The summed E-state index contributed by atoms with van der Waals surface area (Å²) in [6.45, 7) is 3.79. The molecule has 1 aromatic heterocycles. The van der Waals surface area contributed by atoms with Gasteiger partial charge in [0.2, 0.25) is 0 Å². The molecule has 5 nitrogen and oxygen atoms in total. The highest BCUT2D eigenvalue weighted by Gasteiger charge is 2.32. The van der Waals surface area contributed by atoms with Gasteiger partial charge in [-0.25, -0.2) is 10.2 Å². The minimum absolute atomic E-state index is 0.0869. The molecule has 0 bridgehead atoms. The maximum atomic E-state index is 12.9. The van der Waals surface area contributed by atoms with Crippen LogP contribution in [0.15, 0.2) is 27.7 Å². The number of halogens is 5. The number of anilines is 1. The summed E-state index contributed by atoms with van der Waals surface area (Å²) >= 11 is 9.17. The van der Waals surface area contributed by atoms with E-state index in [9.17, 15) is 17.4 Å². The van der Waals surface area contributed by atoms with E-state index < -0.39 is 22.5 Å². The molecule has 2 aromatic rings. The van der Waals surface area contributed by atoms with E-state index >= 15 is 0 Å². The highest BCUT2D eigenvalue weighted by molar-refractivity contribution is 9.10. The molecule has 0 aliphatic carbocycles. The highest BCUT2D eigenvalue weighted by Crippen LogP contribution is 2.39. The van der Waals surface area contributed by atoms with E-state index in [0.717, 1.165) is 12.1 Å². The molecular formula is C14H14BrClF3N3O2S. The minimum Gasteiger partial charge on any atom is -0.275 e. The van der Waals surface area contributed by atoms with Crippen LogP contribution in [0.1, 0.15) is 19.4 Å². The monoisotopic (exact) mass is 459 g/mol. The molecular weight excluding hydrogens is 447 g/mol. The largest absolute Gasteiger partial charge is 0.416 e. The number of benzene rings is 1. The second-order valence-electron chi connectivity index (χ2n) is 4.72. The van der Waals surface area contributed by atoms with Crippen molar-refractivity contribution in [1.82, 2.24) is 9.78 Å². The van der Waals surface area contributed by atoms with E-state index in [1.807, 2.05) is 0 Å². The summed E-state index contributed by atoms with van der Waals surface area (Å²) in [6, 6.07) is 1.72. The van der Waals surface area contributed by atoms with Gasteiger partial charge in [0.25, 0.3) is 0 Å². The fraction of sp³-hybridized carbons (Fsp3) is 0.357. The molecule has 0 spiro atoms. The van der Waals surface area contributed by atoms with Crippen LogP contribution in [0.3, 0.4) is 0 Å². The zero-order chi connectivity index (χ0) is 18.8. The van der Waals surface area contributed by atoms with Gasteiger partial charge in [0, 0.05) is 10.2 Å². The maximum Gasteiger partial charge on any atom is 0.416 e. The Labute approximate surface area is 158 Å². The van der Waals surface area contributed by atoms with E-state index in [1.165, 1.54) is 10.9 Å². The van der Waals surface area contributed by atoms with Gasteiger partial charge in [-0.15, -0.1) is 0 Å². The van der Waals surface area contributed by atoms with Gasteiger partial charge in [-0.3, -0.25) is 9.05 Å². The standard InChI is InChI=1S/C14H14BrClF3N3O2S/c1-3-24-21-13-11(25(23)4-2)7-20-22(13)12-9(15)5-8(6-10(12)16)14(17,18)19/h5-7,21H,3-4H2,1-2H3. The van der Waals surface area contributed by atoms with Gasteiger partial charge in [-0.1, -0.05) is 18.5 Å². The lowest BCUT2D eigenvalue weighted by atomic mass is 10.2. The van der Waals surface area contributed by atoms with E-state index in [2.05, 4.69) is 26.5 Å². The van der Waals surface area contributed by atoms with E-state index in [1.54, 1.807) is 13.8 Å². The van der Waals surface area contributed by atoms with Crippen LogP contribution in [0, 0.1) is 0 Å². The fourth-order valence-electron chi connectivity index (χ4n) is 1.99. The summed E-state index contributed by atoms with van der Waals surface area (Å²) in [5.74, 6) is 0.582. The molecule has 0 saturated carbocycles. The van der Waals surface area contributed by atoms with E-state index in [4.69, 9.17) is 16.4 Å². The summed E-state index contributed by atoms with van der Waals surface area (Å²) in [5, 5.41) is 3.94. The summed E-state index contributed by atoms with van der Waals surface area (Å²) in [5.41, 5.74) is 1.92. The van der Waals surface area contributed by atoms with Crippen molar-refractivity contribution >= 4 is 44.1 Å². The lowest BCUT2D eigenvalue weighted by molar-refractivity contribution is -0.137. The maximum absolute atomic E-state index is 12.9. The third-order valence-electron chi connectivity index (χ3n) is 3.11. The Morgan fingerprint density at radius 3 is 2.60 bits per heavy atom. The summed E-state index contributed by atoms with van der Waals surface area (Å²) in [4.78, 5) is 5.51. The summed E-state index contributed by atoms with van der Waals surface area (Å²) in [6.07, 6.45) is -3.17. The quantitative estimate of drug-likeness (QED) is 0.629. The van der Waals surface area contributed by atoms with Gasteiger partial charge < -0.3 is 0 Å². The number of nitrogens with one attached hydrogen (secondary N) is 1. The van der Waals surface area contributed by atoms with Crippen LogP contribution in [-0.2, 0) is 21.8 Å². The smallest absolute Gasteiger partial charge is 0.275 e. The first-order valence-electron chi connectivity index (χ1n) is 7.11. The Kier molecular flexibility index (Phi) is 6.52. The molecule has 0 fully saturated rings. The fourth-order valence-corrected chi connectivity index (χ4v) is 3.85. The van der Waals surface area contributed by atoms with Crippen molar-refractivity contribution < 1.29 is 22.2 Å². The third kappa shape index (κ3) is 4.36. The molecule has 0 saturated heterocycles. The lowest BCUT2D eigenvalue weighted by Gasteiger charge is -2.15. The van der Waals surface area contributed by atoms with Crippen LogP contribution in [0.2, 0.25) is 5.02 Å². The highest BCUT2D eigenvalue weighted by atomic mass is 79.9. The Bertz CT molecular complexity index is 775. The van der Waals surface area contributed by atoms with Gasteiger partial charge in [-0.2, -0.15) is 18.3 Å². The van der Waals surface area contributed by atoms with Crippen molar-refractivity contribution in [2.24, 2.45) is 0 Å². The predicted octanol–water partition coefficient (Wildman–Crippen LogP) is 4.80. The Morgan fingerprint density at radius 2 is 2.08 bits per heavy atom. The SMILES string of the molecule is CCONc1c(S(=O)CC)cnn1-c1c(Cl)cc(C(F)(F)F)cc1Br. The number of aromatic nitrogens is 2. The van der Waals surface area contributed by atoms with Crippen molar-refractivity contribution in [2.75, 3.05) is 17.8 Å². The number of rotatable bonds is 6. The normalized spacial score (nSPS) is 13.1. The van der Waals surface area contributed by atoms with Crippen molar-refractivity contribution in [3.63, 3.8) is 0 Å². The molecule has 0 radical (unpaired) electrons. The topological polar surface area (TPSA) is 56.1 Å². The van der Waals surface area contributed by atoms with E-state index in [-0.39, 0.29) is 21.0 Å². The number of nitrogens with zero attached hydrogens (tertiary/aromatic N) is 2. The van der Waals surface area contributed by atoms with Crippen LogP contribution in [0.25, 0.3) is 5.69 Å². The van der Waals surface area contributed by atoms with Crippen molar-refractivity contribution in [3.05, 3.63) is 33.4 Å². The zero-order valence-corrected chi connectivity index (χ0v) is 16.3. The molecule has 1 aromatic carbocycles. The van der Waals surface area contributed by atoms with Crippen LogP contribution in [0.4, 0.5) is 19.0 Å². The third-order valence-corrected chi connectivity index (χ3v) is 5.32. The Morgan fingerprint density at radius 1 is 1.40 bits per heavy atom. The second kappa shape index (κ2) is 8.07. The number of alkyl halides is 3. The lowest BCUT2D eigenvalue weighted by Crippen LogP contribution is -2.11. The van der Waals surface area contributed by atoms with E-state index in [0.29, 0.717) is 17.3 Å². The van der Waals surface area contributed by atoms with Gasteiger partial charge in [-0.05, 0) is 35.0 Å². The zero-order valence-electron chi connectivity index (χ0n) is 13.2. The Balaban J connectivity index is 2.62. The molecule has 1 heterocycles. The van der Waals surface area contributed by atoms with Crippen LogP contribution < -0.4 is 5.48 Å². The average molecular weight is 461 g/mol. The summed E-state index contributed by atoms with van der Waals surface area (Å²) in [7, 11) is -1.35. The molecule has 0 aliphatic rings. The molecule has 138 valence electrons. The second-order valence-corrected chi connectivity index (χ2v) is 7.69. The van der Waals surface area contributed by atoms with Gasteiger partial charge in [0.15, 0.2) is 5.82 Å². The van der Waals surface area contributed by atoms with Gasteiger partial charge >= 0.3 is 6.18 Å². The predicted molar refractivity (Wildman–Crippen MR) is 93.5 cm³/mol. The molecule has 1 N–H and O–H groups in total. The summed E-state index contributed by atoms with van der Waals surface area (Å²) < 4.78 is 52.2.